The molecular formula is C16H22O7. The lowest BCUT2D eigenvalue weighted by Crippen LogP contribution is -2.60. The Balaban J connectivity index is 2.18. The molecule has 0 unspecified atom stereocenters. The first kappa shape index (κ1) is 17.7. The van der Waals surface area contributed by atoms with Crippen LogP contribution in [0.3, 0.4) is 0 Å². The molecule has 1 aromatic rings. The summed E-state index contributed by atoms with van der Waals surface area (Å²) in [5, 5.41) is 38.7. The highest BCUT2D eigenvalue weighted by Gasteiger charge is 2.44. The molecule has 5 atom stereocenters. The number of hydrogen-bond donors (Lipinski definition) is 4. The minimum absolute atomic E-state index is 0.310. The van der Waals surface area contributed by atoms with Crippen molar-refractivity contribution in [1.29, 1.82) is 0 Å². The van der Waals surface area contributed by atoms with Crippen LogP contribution in [0.5, 0.6) is 11.5 Å². The van der Waals surface area contributed by atoms with E-state index in [1.54, 1.807) is 18.2 Å². The fraction of sp³-hybridized carbons (Fsp3) is 0.500. The van der Waals surface area contributed by atoms with Gasteiger partial charge in [-0.05, 0) is 24.1 Å². The third kappa shape index (κ3) is 3.82. The maximum Gasteiger partial charge on any atom is 0.229 e. The number of benzene rings is 1. The third-order valence-electron chi connectivity index (χ3n) is 3.70. The molecule has 1 aromatic carbocycles. The lowest BCUT2D eigenvalue weighted by Gasteiger charge is -2.39. The van der Waals surface area contributed by atoms with E-state index in [0.29, 0.717) is 17.9 Å². The highest BCUT2D eigenvalue weighted by atomic mass is 16.7. The summed E-state index contributed by atoms with van der Waals surface area (Å²) in [6.07, 6.45) is -4.23. The van der Waals surface area contributed by atoms with Crippen LogP contribution in [-0.4, -0.2) is 64.8 Å². The van der Waals surface area contributed by atoms with Gasteiger partial charge in [-0.15, -0.1) is 6.58 Å². The lowest BCUT2D eigenvalue weighted by atomic mass is 9.99. The van der Waals surface area contributed by atoms with Gasteiger partial charge in [-0.1, -0.05) is 12.1 Å². The molecule has 0 radical (unpaired) electrons. The van der Waals surface area contributed by atoms with Gasteiger partial charge in [-0.3, -0.25) is 0 Å². The second-order valence-electron chi connectivity index (χ2n) is 5.29. The van der Waals surface area contributed by atoms with Gasteiger partial charge in [-0.25, -0.2) is 0 Å². The normalized spacial score (nSPS) is 30.7. The van der Waals surface area contributed by atoms with Crippen molar-refractivity contribution in [2.24, 2.45) is 0 Å². The number of aliphatic hydroxyl groups is 4. The molecule has 0 amide bonds. The maximum absolute atomic E-state index is 9.99. The van der Waals surface area contributed by atoms with E-state index in [4.69, 9.17) is 14.2 Å². The Morgan fingerprint density at radius 2 is 1.91 bits per heavy atom. The highest BCUT2D eigenvalue weighted by Crippen LogP contribution is 2.32. The van der Waals surface area contributed by atoms with Gasteiger partial charge in [0.2, 0.25) is 6.29 Å². The standard InChI is InChI=1S/C16H22O7/c1-3-4-9-5-6-10(11(7-9)21-2)22-16-15(20)14(19)13(18)12(8-17)23-16/h3,5-7,12-20H,1,4,8H2,2H3/t12-,13+,14-,15+,16-/m1/s1. The van der Waals surface area contributed by atoms with Crippen molar-refractivity contribution in [2.45, 2.75) is 37.1 Å². The molecule has 1 fully saturated rings. The summed E-state index contributed by atoms with van der Waals surface area (Å²) in [5.41, 5.74) is 0.970. The van der Waals surface area contributed by atoms with E-state index in [1.165, 1.54) is 7.11 Å². The Labute approximate surface area is 134 Å². The van der Waals surface area contributed by atoms with E-state index >= 15 is 0 Å². The molecule has 1 aliphatic heterocycles. The Bertz CT molecular complexity index is 531. The molecule has 0 spiro atoms. The molecule has 7 heteroatoms. The van der Waals surface area contributed by atoms with E-state index in [-0.39, 0.29) is 0 Å². The molecule has 128 valence electrons. The molecule has 2 rings (SSSR count). The molecular weight excluding hydrogens is 304 g/mol. The Kier molecular flexibility index (Phi) is 5.97. The fourth-order valence-electron chi connectivity index (χ4n) is 2.39. The van der Waals surface area contributed by atoms with Crippen molar-refractivity contribution in [1.82, 2.24) is 0 Å². The summed E-state index contributed by atoms with van der Waals surface area (Å²) >= 11 is 0. The SMILES string of the molecule is C=CCc1ccc(O[C@@H]2O[C@H](CO)[C@H](O)[C@@H](O)[C@@H]2O)c(OC)c1. The zero-order valence-corrected chi connectivity index (χ0v) is 12.8. The van der Waals surface area contributed by atoms with E-state index < -0.39 is 37.3 Å². The molecule has 0 saturated carbocycles. The predicted octanol–water partition coefficient (Wildman–Crippen LogP) is -0.398. The summed E-state index contributed by atoms with van der Waals surface area (Å²) in [6, 6.07) is 5.23. The van der Waals surface area contributed by atoms with Crippen LogP contribution in [0.15, 0.2) is 30.9 Å². The van der Waals surface area contributed by atoms with E-state index in [1.807, 2.05) is 6.07 Å². The monoisotopic (exact) mass is 326 g/mol. The minimum atomic E-state index is -1.49. The highest BCUT2D eigenvalue weighted by molar-refractivity contribution is 5.43. The van der Waals surface area contributed by atoms with Gasteiger partial charge >= 0.3 is 0 Å². The second kappa shape index (κ2) is 7.76. The van der Waals surface area contributed by atoms with E-state index in [0.717, 1.165) is 5.56 Å². The van der Waals surface area contributed by atoms with E-state index in [2.05, 4.69) is 6.58 Å². The van der Waals surface area contributed by atoms with Crippen LogP contribution in [0.4, 0.5) is 0 Å². The first-order valence-corrected chi connectivity index (χ1v) is 7.26. The molecule has 0 aromatic heterocycles. The average Bonchev–Trinajstić information content (AvgIpc) is 2.56. The summed E-state index contributed by atoms with van der Waals surface area (Å²) in [6.45, 7) is 3.16. The van der Waals surface area contributed by atoms with Crippen LogP contribution in [0.2, 0.25) is 0 Å². The summed E-state index contributed by atoms with van der Waals surface area (Å²) < 4.78 is 16.1. The maximum atomic E-state index is 9.99. The van der Waals surface area contributed by atoms with Gasteiger partial charge < -0.3 is 34.6 Å². The molecule has 1 aliphatic rings. The predicted molar refractivity (Wildman–Crippen MR) is 81.3 cm³/mol. The van der Waals surface area contributed by atoms with Crippen molar-refractivity contribution in [2.75, 3.05) is 13.7 Å². The van der Waals surface area contributed by atoms with Crippen LogP contribution in [0, 0.1) is 0 Å². The summed E-state index contributed by atoms with van der Waals surface area (Å²) in [4.78, 5) is 0. The van der Waals surface area contributed by atoms with Crippen LogP contribution in [-0.2, 0) is 11.2 Å². The second-order valence-corrected chi connectivity index (χ2v) is 5.29. The molecule has 23 heavy (non-hydrogen) atoms. The van der Waals surface area contributed by atoms with Crippen molar-refractivity contribution in [3.05, 3.63) is 36.4 Å². The van der Waals surface area contributed by atoms with Crippen LogP contribution < -0.4 is 9.47 Å². The third-order valence-corrected chi connectivity index (χ3v) is 3.70. The molecule has 0 aliphatic carbocycles. The molecule has 0 bridgehead atoms. The van der Waals surface area contributed by atoms with Crippen LogP contribution in [0.25, 0.3) is 0 Å². The number of rotatable bonds is 6. The molecule has 7 nitrogen and oxygen atoms in total. The number of aliphatic hydroxyl groups excluding tert-OH is 4. The van der Waals surface area contributed by atoms with Gasteiger partial charge in [0.1, 0.15) is 24.4 Å². The minimum Gasteiger partial charge on any atom is -0.493 e. The van der Waals surface area contributed by atoms with Crippen LogP contribution >= 0.6 is 0 Å². The van der Waals surface area contributed by atoms with E-state index in [9.17, 15) is 20.4 Å². The van der Waals surface area contributed by atoms with Gasteiger partial charge in [0.25, 0.3) is 0 Å². The zero-order valence-electron chi connectivity index (χ0n) is 12.8. The first-order valence-electron chi connectivity index (χ1n) is 7.26. The number of hydrogen-bond acceptors (Lipinski definition) is 7. The molecule has 1 heterocycles. The van der Waals surface area contributed by atoms with Gasteiger partial charge in [0.05, 0.1) is 13.7 Å². The van der Waals surface area contributed by atoms with Crippen molar-refractivity contribution >= 4 is 0 Å². The summed E-state index contributed by atoms with van der Waals surface area (Å²) in [5.74, 6) is 0.742. The smallest absolute Gasteiger partial charge is 0.229 e. The van der Waals surface area contributed by atoms with Gasteiger partial charge in [0, 0.05) is 0 Å². The lowest BCUT2D eigenvalue weighted by molar-refractivity contribution is -0.277. The zero-order chi connectivity index (χ0) is 17.0. The Morgan fingerprint density at radius 3 is 2.52 bits per heavy atom. The number of allylic oxidation sites excluding steroid dienone is 1. The number of methoxy groups -OCH3 is 1. The number of ether oxygens (including phenoxy) is 3. The van der Waals surface area contributed by atoms with Gasteiger partial charge in [-0.2, -0.15) is 0 Å². The topological polar surface area (TPSA) is 109 Å². The molecule has 1 saturated heterocycles. The van der Waals surface area contributed by atoms with Crippen LogP contribution in [0.1, 0.15) is 5.56 Å². The quantitative estimate of drug-likeness (QED) is 0.527. The molecule has 4 N–H and O–H groups in total. The van der Waals surface area contributed by atoms with Crippen molar-refractivity contribution in [3.8, 4) is 11.5 Å². The average molecular weight is 326 g/mol. The Hall–Kier alpha value is -1.64. The van der Waals surface area contributed by atoms with Crippen molar-refractivity contribution < 1.29 is 34.6 Å². The summed E-state index contributed by atoms with van der Waals surface area (Å²) in [7, 11) is 1.48. The Morgan fingerprint density at radius 1 is 1.17 bits per heavy atom. The largest absolute Gasteiger partial charge is 0.493 e. The first-order chi connectivity index (χ1) is 11.0. The van der Waals surface area contributed by atoms with Crippen molar-refractivity contribution in [3.63, 3.8) is 0 Å². The van der Waals surface area contributed by atoms with Gasteiger partial charge in [0.15, 0.2) is 11.5 Å². The fourth-order valence-corrected chi connectivity index (χ4v) is 2.39.